The van der Waals surface area contributed by atoms with Gasteiger partial charge < -0.3 is 15.0 Å². The molecule has 4 rings (SSSR count). The first-order chi connectivity index (χ1) is 16.0. The summed E-state index contributed by atoms with van der Waals surface area (Å²) in [7, 11) is 0. The quantitative estimate of drug-likeness (QED) is 0.534. The molecule has 33 heavy (non-hydrogen) atoms. The van der Waals surface area contributed by atoms with E-state index in [-0.39, 0.29) is 12.0 Å². The van der Waals surface area contributed by atoms with E-state index < -0.39 is 5.91 Å². The van der Waals surface area contributed by atoms with Crippen molar-refractivity contribution in [2.45, 2.75) is 39.2 Å². The van der Waals surface area contributed by atoms with Crippen molar-refractivity contribution in [2.75, 3.05) is 6.61 Å². The van der Waals surface area contributed by atoms with Crippen LogP contribution in [0.2, 0.25) is 0 Å². The number of nitrogens with zero attached hydrogens (tertiary/aromatic N) is 4. The van der Waals surface area contributed by atoms with Gasteiger partial charge in [-0.1, -0.05) is 23.4 Å². The number of carbonyl (C=O) groups is 2. The zero-order valence-corrected chi connectivity index (χ0v) is 18.8. The normalized spacial score (nSPS) is 15.3. The van der Waals surface area contributed by atoms with Crippen molar-refractivity contribution in [3.8, 4) is 5.69 Å². The summed E-state index contributed by atoms with van der Waals surface area (Å²) in [5.41, 5.74) is 10.9. The highest BCUT2D eigenvalue weighted by Gasteiger charge is 2.19. The van der Waals surface area contributed by atoms with E-state index >= 15 is 0 Å². The third kappa shape index (κ3) is 4.79. The molecule has 0 saturated carbocycles. The molecule has 2 N–H and O–H groups in total. The largest absolute Gasteiger partial charge is 0.466 e. The molecule has 1 aliphatic rings. The van der Waals surface area contributed by atoms with Crippen LogP contribution in [0.15, 0.2) is 61.0 Å². The number of primary amides is 1. The predicted octanol–water partition coefficient (Wildman–Crippen LogP) is 3.56. The van der Waals surface area contributed by atoms with Gasteiger partial charge in [-0.15, -0.1) is 5.10 Å². The highest BCUT2D eigenvalue weighted by Crippen LogP contribution is 2.31. The van der Waals surface area contributed by atoms with Gasteiger partial charge in [-0.2, -0.15) is 0 Å². The van der Waals surface area contributed by atoms with Crippen molar-refractivity contribution in [3.05, 3.63) is 83.5 Å². The van der Waals surface area contributed by atoms with Crippen LogP contribution in [0, 0.1) is 6.92 Å². The van der Waals surface area contributed by atoms with E-state index in [4.69, 9.17) is 10.5 Å². The van der Waals surface area contributed by atoms with Crippen LogP contribution >= 0.6 is 0 Å². The van der Waals surface area contributed by atoms with E-state index in [9.17, 15) is 9.59 Å². The standard InChI is InChI=1S/C25H27N5O3/c1-3-33-24(31)13-10-21-9-12-23(18-4-7-20(8-5-18)29-15-14-27-28-29)30(21)22-11-6-19(25(26)32)16-17(22)2/h4-7,9,11-12,14-16,20H,3,8,10,13H2,1-2H3,(H2,26,32). The van der Waals surface area contributed by atoms with Gasteiger partial charge in [0.05, 0.1) is 31.0 Å². The van der Waals surface area contributed by atoms with E-state index in [2.05, 4.69) is 39.2 Å². The predicted molar refractivity (Wildman–Crippen MR) is 125 cm³/mol. The minimum Gasteiger partial charge on any atom is -0.466 e. The van der Waals surface area contributed by atoms with Crippen LogP contribution in [0.25, 0.3) is 11.3 Å². The molecular weight excluding hydrogens is 418 g/mol. The van der Waals surface area contributed by atoms with Crippen LogP contribution in [0.5, 0.6) is 0 Å². The van der Waals surface area contributed by atoms with Gasteiger partial charge in [0.2, 0.25) is 5.91 Å². The molecule has 3 aromatic rings. The van der Waals surface area contributed by atoms with Gasteiger partial charge in [-0.05, 0) is 68.2 Å². The lowest BCUT2D eigenvalue weighted by atomic mass is 10.0. The lowest BCUT2D eigenvalue weighted by molar-refractivity contribution is -0.143. The maximum Gasteiger partial charge on any atom is 0.306 e. The molecule has 0 fully saturated rings. The summed E-state index contributed by atoms with van der Waals surface area (Å²) in [6.45, 7) is 4.12. The highest BCUT2D eigenvalue weighted by molar-refractivity contribution is 5.93. The molecule has 8 nitrogen and oxygen atoms in total. The molecule has 1 atom stereocenters. The topological polar surface area (TPSA) is 105 Å². The lowest BCUT2D eigenvalue weighted by Gasteiger charge is -2.20. The molecule has 1 aromatic carbocycles. The van der Waals surface area contributed by atoms with Crippen LogP contribution in [0.1, 0.15) is 53.1 Å². The van der Waals surface area contributed by atoms with Crippen LogP contribution < -0.4 is 5.73 Å². The Morgan fingerprint density at radius 1 is 1.24 bits per heavy atom. The molecule has 1 aliphatic carbocycles. The third-order valence-electron chi connectivity index (χ3n) is 5.73. The Balaban J connectivity index is 1.70. The van der Waals surface area contributed by atoms with E-state index in [1.54, 1.807) is 25.3 Å². The lowest BCUT2D eigenvalue weighted by Crippen LogP contribution is -2.13. The summed E-state index contributed by atoms with van der Waals surface area (Å²) in [4.78, 5) is 23.6. The monoisotopic (exact) mass is 445 g/mol. The average molecular weight is 446 g/mol. The first-order valence-corrected chi connectivity index (χ1v) is 11.0. The summed E-state index contributed by atoms with van der Waals surface area (Å²) in [5, 5.41) is 7.99. The Morgan fingerprint density at radius 2 is 2.09 bits per heavy atom. The number of carbonyl (C=O) groups excluding carboxylic acids is 2. The van der Waals surface area contributed by atoms with Gasteiger partial charge in [0.15, 0.2) is 0 Å². The number of nitrogens with two attached hydrogens (primary N) is 1. The van der Waals surface area contributed by atoms with Crippen molar-refractivity contribution in [1.29, 1.82) is 0 Å². The van der Waals surface area contributed by atoms with Crippen molar-refractivity contribution < 1.29 is 14.3 Å². The number of esters is 1. The zero-order chi connectivity index (χ0) is 23.4. The molecule has 1 amide bonds. The molecule has 2 aromatic heterocycles. The molecule has 2 heterocycles. The van der Waals surface area contributed by atoms with Gasteiger partial charge in [0.25, 0.3) is 0 Å². The maximum absolute atomic E-state index is 12.0. The number of ether oxygens (including phenoxy) is 1. The second kappa shape index (κ2) is 9.68. The molecule has 0 bridgehead atoms. The van der Waals surface area contributed by atoms with Crippen molar-refractivity contribution in [1.82, 2.24) is 19.6 Å². The van der Waals surface area contributed by atoms with E-state index in [0.717, 1.165) is 34.6 Å². The van der Waals surface area contributed by atoms with Gasteiger partial charge in [-0.3, -0.25) is 9.59 Å². The fraction of sp³-hybridized carbons (Fsp3) is 0.280. The van der Waals surface area contributed by atoms with E-state index in [0.29, 0.717) is 25.0 Å². The zero-order valence-electron chi connectivity index (χ0n) is 18.8. The Bertz CT molecular complexity index is 1220. The number of hydrogen-bond donors (Lipinski definition) is 1. The van der Waals surface area contributed by atoms with Gasteiger partial charge in [0, 0.05) is 23.1 Å². The fourth-order valence-corrected chi connectivity index (χ4v) is 4.10. The number of rotatable bonds is 8. The summed E-state index contributed by atoms with van der Waals surface area (Å²) in [5.74, 6) is -0.683. The molecule has 170 valence electrons. The number of benzene rings is 1. The molecular formula is C25H27N5O3. The number of allylic oxidation sites excluding steroid dienone is 4. The number of hydrogen-bond acceptors (Lipinski definition) is 5. The van der Waals surface area contributed by atoms with Crippen molar-refractivity contribution >= 4 is 17.4 Å². The minimum absolute atomic E-state index is 0.125. The maximum atomic E-state index is 12.0. The van der Waals surface area contributed by atoms with Crippen LogP contribution in [0.3, 0.4) is 0 Å². The van der Waals surface area contributed by atoms with Crippen LogP contribution in [-0.4, -0.2) is 38.0 Å². The second-order valence-electron chi connectivity index (χ2n) is 7.92. The summed E-state index contributed by atoms with van der Waals surface area (Å²) in [6.07, 6.45) is 11.5. The minimum atomic E-state index is -0.461. The third-order valence-corrected chi connectivity index (χ3v) is 5.73. The highest BCUT2D eigenvalue weighted by atomic mass is 16.5. The average Bonchev–Trinajstić information content (AvgIpc) is 3.48. The van der Waals surface area contributed by atoms with Crippen molar-refractivity contribution in [3.63, 3.8) is 0 Å². The molecule has 0 saturated heterocycles. The van der Waals surface area contributed by atoms with Gasteiger partial charge in [-0.25, -0.2) is 4.68 Å². The number of amides is 1. The number of aryl methyl sites for hydroxylation is 2. The Labute approximate surface area is 192 Å². The SMILES string of the molecule is CCOC(=O)CCc1ccc(C2=CCC(n3ccnn3)C=C2)n1-c1ccc(C(N)=O)cc1C. The molecule has 0 spiro atoms. The Hall–Kier alpha value is -3.94. The smallest absolute Gasteiger partial charge is 0.306 e. The van der Waals surface area contributed by atoms with Crippen LogP contribution in [-0.2, 0) is 16.0 Å². The van der Waals surface area contributed by atoms with E-state index in [1.807, 2.05) is 29.9 Å². The summed E-state index contributed by atoms with van der Waals surface area (Å²) in [6, 6.07) is 9.65. The van der Waals surface area contributed by atoms with Gasteiger partial charge >= 0.3 is 5.97 Å². The second-order valence-corrected chi connectivity index (χ2v) is 7.92. The van der Waals surface area contributed by atoms with E-state index in [1.165, 1.54) is 0 Å². The molecule has 1 unspecified atom stereocenters. The molecule has 8 heteroatoms. The summed E-state index contributed by atoms with van der Waals surface area (Å²) >= 11 is 0. The molecule has 0 radical (unpaired) electrons. The van der Waals surface area contributed by atoms with Crippen LogP contribution in [0.4, 0.5) is 0 Å². The Kier molecular flexibility index (Phi) is 6.53. The Morgan fingerprint density at radius 3 is 2.73 bits per heavy atom. The summed E-state index contributed by atoms with van der Waals surface area (Å²) < 4.78 is 9.09. The fourth-order valence-electron chi connectivity index (χ4n) is 4.10. The van der Waals surface area contributed by atoms with Crippen molar-refractivity contribution in [2.24, 2.45) is 5.73 Å². The first kappa shape index (κ1) is 22.3. The van der Waals surface area contributed by atoms with Gasteiger partial charge in [0.1, 0.15) is 0 Å². The first-order valence-electron chi connectivity index (χ1n) is 11.0. The number of aromatic nitrogens is 4. The molecule has 0 aliphatic heterocycles.